The zero-order valence-electron chi connectivity index (χ0n) is 55.3. The summed E-state index contributed by atoms with van der Waals surface area (Å²) in [5, 5.41) is 20.4. The standard InChI is InChI=1S/C64H98N8O16/c1-37(2)29-47-57(77)83-41(9)53(73)69(17)50(32-40(7)8)60(80)86-52(34-44-23-27-46(28-24-44)36-66-68-62(82)88-64(14,15)16)56(76)72(20)48(30-38(3)4)58(78)84-42(10)54(74)70(18)49(31-39(5)6)59(79)85-51(55(75)71(47)19)33-43-21-25-45(26-22-43)35-65-67-61(81)87-63(11,12)13/h21-28,35-42,47-52,55,75H,29-34H2,1-20H3,(H,67,81)(H,68,82)/b65-35+,66-36+/t41-,42-,47+,48+,49+,50+,51-,52-,55?/m1/s1. The third kappa shape index (κ3) is 24.6. The molecule has 1 unspecified atom stereocenters. The highest BCUT2D eigenvalue weighted by Crippen LogP contribution is 2.26. The Balaban J connectivity index is 2.23. The molecule has 1 heterocycles. The first-order chi connectivity index (χ1) is 40.8. The Hall–Kier alpha value is -7.47. The molecule has 88 heavy (non-hydrogen) atoms. The van der Waals surface area contributed by atoms with Crippen molar-refractivity contribution < 1.29 is 76.7 Å². The van der Waals surface area contributed by atoms with E-state index in [9.17, 15) is 43.5 Å². The van der Waals surface area contributed by atoms with Crippen molar-refractivity contribution in [3.8, 4) is 0 Å². The van der Waals surface area contributed by atoms with Crippen molar-refractivity contribution in [2.24, 2.45) is 33.9 Å². The number of benzene rings is 2. The number of likely N-dealkylation sites (N-methyl/N-ethyl adjacent to an activating group) is 4. The van der Waals surface area contributed by atoms with Crippen LogP contribution in [0, 0.1) is 23.7 Å². The minimum Gasteiger partial charge on any atom is -0.456 e. The average Bonchev–Trinajstić information content (AvgIpc) is 3.51. The highest BCUT2D eigenvalue weighted by molar-refractivity contribution is 5.93. The Kier molecular flexibility index (Phi) is 28.7. The lowest BCUT2D eigenvalue weighted by Crippen LogP contribution is -2.56. The first-order valence-electron chi connectivity index (χ1n) is 30.0. The number of nitrogens with zero attached hydrogens (tertiary/aromatic N) is 6. The first kappa shape index (κ1) is 74.8. The molecule has 0 radical (unpaired) electrons. The molecule has 1 fully saturated rings. The van der Waals surface area contributed by atoms with Crippen molar-refractivity contribution in [1.29, 1.82) is 0 Å². The van der Waals surface area contributed by atoms with E-state index >= 15 is 4.79 Å². The Morgan fingerprint density at radius 1 is 0.511 bits per heavy atom. The van der Waals surface area contributed by atoms with E-state index in [1.807, 2.05) is 55.4 Å². The van der Waals surface area contributed by atoms with E-state index in [0.717, 1.165) is 14.7 Å². The summed E-state index contributed by atoms with van der Waals surface area (Å²) >= 11 is 0. The van der Waals surface area contributed by atoms with Crippen molar-refractivity contribution in [3.63, 3.8) is 0 Å². The highest BCUT2D eigenvalue weighted by atomic mass is 16.6. The third-order valence-electron chi connectivity index (χ3n) is 14.0. The van der Waals surface area contributed by atoms with Gasteiger partial charge < -0.3 is 48.2 Å². The summed E-state index contributed by atoms with van der Waals surface area (Å²) in [4.78, 5) is 132. The Morgan fingerprint density at radius 3 is 1.19 bits per heavy atom. The number of hydrogen-bond donors (Lipinski definition) is 3. The largest absolute Gasteiger partial charge is 0.456 e. The van der Waals surface area contributed by atoms with E-state index in [2.05, 4.69) is 21.1 Å². The van der Waals surface area contributed by atoms with Crippen LogP contribution in [-0.4, -0.2) is 185 Å². The number of cyclic esters (lactones) is 4. The maximum Gasteiger partial charge on any atom is 0.428 e. The molecule has 0 aliphatic carbocycles. The molecule has 0 spiro atoms. The van der Waals surface area contributed by atoms with Gasteiger partial charge in [-0.15, -0.1) is 0 Å². The normalized spacial score (nSPS) is 23.6. The van der Waals surface area contributed by atoms with E-state index in [1.165, 1.54) is 59.4 Å². The van der Waals surface area contributed by atoms with Crippen LogP contribution in [0.4, 0.5) is 9.59 Å². The van der Waals surface area contributed by atoms with Crippen molar-refractivity contribution in [3.05, 3.63) is 70.8 Å². The number of aliphatic hydroxyl groups excluding tert-OH is 1. The van der Waals surface area contributed by atoms with Gasteiger partial charge in [0.1, 0.15) is 47.7 Å². The van der Waals surface area contributed by atoms with Crippen molar-refractivity contribution in [2.75, 3.05) is 28.2 Å². The van der Waals surface area contributed by atoms with Crippen LogP contribution in [0.15, 0.2) is 58.7 Å². The molecule has 3 N–H and O–H groups in total. The van der Waals surface area contributed by atoms with Gasteiger partial charge in [0.2, 0.25) is 0 Å². The molecule has 1 aliphatic rings. The third-order valence-corrected chi connectivity index (χ3v) is 14.0. The Bertz CT molecular complexity index is 2730. The molecule has 0 bridgehead atoms. The number of aliphatic hydroxyl groups is 1. The summed E-state index contributed by atoms with van der Waals surface area (Å²) in [6, 6.07) is 8.11. The molecule has 5 amide bonds. The van der Waals surface area contributed by atoms with Gasteiger partial charge >= 0.3 is 36.1 Å². The maximum atomic E-state index is 15.0. The van der Waals surface area contributed by atoms with E-state index in [1.54, 1.807) is 90.1 Å². The molecule has 24 heteroatoms. The summed E-state index contributed by atoms with van der Waals surface area (Å²) in [6.07, 6.45) is -6.70. The van der Waals surface area contributed by atoms with E-state index in [4.69, 9.17) is 28.4 Å². The molecular formula is C64H98N8O16. The molecule has 0 saturated carbocycles. The Morgan fingerprint density at radius 2 is 0.830 bits per heavy atom. The molecule has 3 rings (SSSR count). The van der Waals surface area contributed by atoms with Gasteiger partial charge in [-0.1, -0.05) is 104 Å². The van der Waals surface area contributed by atoms with Gasteiger partial charge in [-0.05, 0) is 134 Å². The molecule has 2 aromatic rings. The van der Waals surface area contributed by atoms with Gasteiger partial charge in [-0.25, -0.2) is 34.8 Å². The van der Waals surface area contributed by atoms with E-state index in [-0.39, 0.29) is 62.2 Å². The summed E-state index contributed by atoms with van der Waals surface area (Å²) in [5.41, 5.74) is 5.28. The average molecular weight is 1240 g/mol. The lowest BCUT2D eigenvalue weighted by Gasteiger charge is -2.37. The van der Waals surface area contributed by atoms with Crippen LogP contribution in [0.3, 0.4) is 0 Å². The van der Waals surface area contributed by atoms with Crippen LogP contribution < -0.4 is 10.9 Å². The number of carbonyl (C=O) groups is 9. The van der Waals surface area contributed by atoms with Crippen LogP contribution in [0.1, 0.15) is 159 Å². The van der Waals surface area contributed by atoms with E-state index in [0.29, 0.717) is 22.3 Å². The summed E-state index contributed by atoms with van der Waals surface area (Å²) in [6.45, 7) is 27.6. The van der Waals surface area contributed by atoms with Gasteiger partial charge in [0.05, 0.1) is 12.4 Å². The molecule has 24 nitrogen and oxygen atoms in total. The van der Waals surface area contributed by atoms with Gasteiger partial charge in [0.25, 0.3) is 17.7 Å². The number of hydrazone groups is 2. The molecule has 1 saturated heterocycles. The second kappa shape index (κ2) is 33.8. The SMILES string of the molecule is CC(C)C[C@H]1C(=O)O[C@H](Cc2ccc(/C=N/NC(=O)OC(C)(C)C)cc2)C(O)N(C)[C@@H](CC(C)C)C(=O)O[C@H](C)C(=O)N(C)[C@@H](CC(C)C)C(=O)O[C@H](Cc2ccc(/C=N/NC(=O)OC(C)(C)C)cc2)C(=O)N(C)[C@@H](CC(C)C)C(=O)O[C@H](C)C(=O)N1C. The molecular weight excluding hydrogens is 1140 g/mol. The van der Waals surface area contributed by atoms with Crippen molar-refractivity contribution in [2.45, 2.75) is 215 Å². The molecule has 1 aliphatic heterocycles. The van der Waals surface area contributed by atoms with Crippen LogP contribution in [-0.2, 0) is 74.8 Å². The number of esters is 4. The lowest BCUT2D eigenvalue weighted by molar-refractivity contribution is -0.182. The van der Waals surface area contributed by atoms with Crippen LogP contribution in [0.5, 0.6) is 0 Å². The topological polar surface area (TPSA) is 291 Å². The monoisotopic (exact) mass is 1230 g/mol. The number of amides is 5. The predicted molar refractivity (Wildman–Crippen MR) is 330 cm³/mol. The van der Waals surface area contributed by atoms with Gasteiger partial charge in [0, 0.05) is 34.0 Å². The smallest absolute Gasteiger partial charge is 0.428 e. The number of hydrogen-bond acceptors (Lipinski definition) is 19. The number of ether oxygens (including phenoxy) is 6. The quantitative estimate of drug-likeness (QED) is 0.0649. The summed E-state index contributed by atoms with van der Waals surface area (Å²) in [5.74, 6) is -7.03. The second-order valence-corrected chi connectivity index (χ2v) is 26.2. The van der Waals surface area contributed by atoms with Crippen LogP contribution in [0.2, 0.25) is 0 Å². The molecule has 490 valence electrons. The fourth-order valence-electron chi connectivity index (χ4n) is 9.45. The minimum absolute atomic E-state index is 0.0355. The molecule has 9 atom stereocenters. The highest BCUT2D eigenvalue weighted by Gasteiger charge is 2.43. The zero-order chi connectivity index (χ0) is 66.7. The first-order valence-corrected chi connectivity index (χ1v) is 30.0. The number of carbonyl (C=O) groups excluding carboxylic acids is 9. The van der Waals surface area contributed by atoms with Crippen LogP contribution in [0.25, 0.3) is 0 Å². The summed E-state index contributed by atoms with van der Waals surface area (Å²) in [7, 11) is 5.52. The maximum absolute atomic E-state index is 15.0. The van der Waals surface area contributed by atoms with Crippen molar-refractivity contribution >= 4 is 66.2 Å². The fraction of sp³-hybridized carbons (Fsp3) is 0.641. The minimum atomic E-state index is -1.73. The predicted octanol–water partition coefficient (Wildman–Crippen LogP) is 7.17. The van der Waals surface area contributed by atoms with Crippen LogP contribution >= 0.6 is 0 Å². The zero-order valence-corrected chi connectivity index (χ0v) is 55.3. The summed E-state index contributed by atoms with van der Waals surface area (Å²) < 4.78 is 34.7. The second-order valence-electron chi connectivity index (χ2n) is 26.2. The Labute approximate surface area is 519 Å². The lowest BCUT2D eigenvalue weighted by atomic mass is 9.99. The van der Waals surface area contributed by atoms with Gasteiger partial charge in [-0.2, -0.15) is 10.2 Å². The van der Waals surface area contributed by atoms with Gasteiger partial charge in [0.15, 0.2) is 18.3 Å². The fourth-order valence-corrected chi connectivity index (χ4v) is 9.45. The molecule has 0 aromatic heterocycles. The van der Waals surface area contributed by atoms with Gasteiger partial charge in [-0.3, -0.25) is 24.1 Å². The van der Waals surface area contributed by atoms with Crippen molar-refractivity contribution in [1.82, 2.24) is 30.5 Å². The molecule has 2 aromatic carbocycles. The van der Waals surface area contributed by atoms with E-state index < -0.39 is 120 Å². The number of rotatable bonds is 16. The number of nitrogens with one attached hydrogen (secondary N) is 2.